The van der Waals surface area contributed by atoms with E-state index in [1.807, 2.05) is 0 Å². The third kappa shape index (κ3) is 0.877. The third-order valence-electron chi connectivity index (χ3n) is 2.99. The zero-order valence-corrected chi connectivity index (χ0v) is 6.30. The van der Waals surface area contributed by atoms with Gasteiger partial charge in [-0.25, -0.2) is 0 Å². The Balaban J connectivity index is 1.98. The Morgan fingerprint density at radius 2 is 2.00 bits per heavy atom. The molecule has 0 radical (unpaired) electrons. The molecule has 1 nitrogen and oxygen atoms in total. The van der Waals surface area contributed by atoms with Gasteiger partial charge < -0.3 is 4.90 Å². The van der Waals surface area contributed by atoms with Crippen molar-refractivity contribution < 1.29 is 0 Å². The molecule has 0 aromatic heterocycles. The highest BCUT2D eigenvalue weighted by Crippen LogP contribution is 2.46. The van der Waals surface area contributed by atoms with Gasteiger partial charge in [-0.3, -0.25) is 0 Å². The van der Waals surface area contributed by atoms with Crippen molar-refractivity contribution in [3.63, 3.8) is 0 Å². The van der Waals surface area contributed by atoms with E-state index < -0.39 is 0 Å². The molecule has 0 amide bonds. The zero-order valence-electron chi connectivity index (χ0n) is 6.30. The molecule has 0 aromatic carbocycles. The second-order valence-electron chi connectivity index (χ2n) is 3.78. The van der Waals surface area contributed by atoms with E-state index in [9.17, 15) is 0 Å². The highest BCUT2D eigenvalue weighted by Gasteiger charge is 2.42. The molecule has 2 aliphatic rings. The summed E-state index contributed by atoms with van der Waals surface area (Å²) >= 11 is 0. The van der Waals surface area contributed by atoms with Crippen molar-refractivity contribution in [2.75, 3.05) is 13.6 Å². The van der Waals surface area contributed by atoms with Crippen LogP contribution in [-0.4, -0.2) is 24.5 Å². The fraction of sp³-hybridized carbons (Fsp3) is 1.00. The van der Waals surface area contributed by atoms with Gasteiger partial charge in [-0.2, -0.15) is 0 Å². The van der Waals surface area contributed by atoms with Crippen LogP contribution in [0.1, 0.15) is 19.8 Å². The van der Waals surface area contributed by atoms with E-state index in [2.05, 4.69) is 18.9 Å². The monoisotopic (exact) mass is 125 g/mol. The van der Waals surface area contributed by atoms with Crippen LogP contribution in [0, 0.1) is 11.8 Å². The SMILES string of the molecule is CC1C[C@@H]2CC2CN1C. The molecule has 1 saturated carbocycles. The summed E-state index contributed by atoms with van der Waals surface area (Å²) in [5, 5.41) is 0. The normalized spacial score (nSPS) is 50.7. The standard InChI is InChI=1S/C8H15N/c1-6-3-7-4-8(7)5-9(6)2/h6-8H,3-5H2,1-2H3/t6?,7-,8?/m1/s1. The minimum absolute atomic E-state index is 0.855. The summed E-state index contributed by atoms with van der Waals surface area (Å²) < 4.78 is 0. The summed E-state index contributed by atoms with van der Waals surface area (Å²) in [6.45, 7) is 3.71. The topological polar surface area (TPSA) is 3.24 Å². The van der Waals surface area contributed by atoms with Gasteiger partial charge >= 0.3 is 0 Å². The van der Waals surface area contributed by atoms with Gasteiger partial charge in [-0.15, -0.1) is 0 Å². The summed E-state index contributed by atoms with van der Waals surface area (Å²) in [4.78, 5) is 2.49. The first-order chi connectivity index (χ1) is 4.27. The second kappa shape index (κ2) is 1.72. The Morgan fingerprint density at radius 3 is 2.67 bits per heavy atom. The van der Waals surface area contributed by atoms with E-state index in [1.165, 1.54) is 19.4 Å². The molecule has 1 aliphatic heterocycles. The quantitative estimate of drug-likeness (QED) is 0.472. The maximum atomic E-state index is 2.49. The number of hydrogen-bond acceptors (Lipinski definition) is 1. The third-order valence-corrected chi connectivity index (χ3v) is 2.99. The zero-order chi connectivity index (χ0) is 6.43. The van der Waals surface area contributed by atoms with Gasteiger partial charge in [-0.1, -0.05) is 0 Å². The fourth-order valence-electron chi connectivity index (χ4n) is 1.99. The molecule has 0 spiro atoms. The van der Waals surface area contributed by atoms with Gasteiger partial charge in [-0.05, 0) is 38.6 Å². The Kier molecular flexibility index (Phi) is 1.10. The van der Waals surface area contributed by atoms with Crippen LogP contribution in [0.5, 0.6) is 0 Å². The highest BCUT2D eigenvalue weighted by atomic mass is 15.1. The van der Waals surface area contributed by atoms with Crippen molar-refractivity contribution in [2.24, 2.45) is 11.8 Å². The molecule has 52 valence electrons. The minimum Gasteiger partial charge on any atom is -0.303 e. The van der Waals surface area contributed by atoms with E-state index in [1.54, 1.807) is 0 Å². The van der Waals surface area contributed by atoms with Gasteiger partial charge in [0.15, 0.2) is 0 Å². The van der Waals surface area contributed by atoms with Crippen LogP contribution >= 0.6 is 0 Å². The minimum atomic E-state index is 0.855. The van der Waals surface area contributed by atoms with Gasteiger partial charge in [0.1, 0.15) is 0 Å². The Morgan fingerprint density at radius 1 is 1.22 bits per heavy atom. The van der Waals surface area contributed by atoms with Crippen molar-refractivity contribution in [1.82, 2.24) is 4.90 Å². The van der Waals surface area contributed by atoms with Crippen LogP contribution in [0.3, 0.4) is 0 Å². The predicted octanol–water partition coefficient (Wildman–Crippen LogP) is 1.35. The first kappa shape index (κ1) is 5.72. The lowest BCUT2D eigenvalue weighted by atomic mass is 10.1. The van der Waals surface area contributed by atoms with Crippen LogP contribution in [0.4, 0.5) is 0 Å². The number of likely N-dealkylation sites (tertiary alicyclic amines) is 1. The summed E-state index contributed by atoms with van der Waals surface area (Å²) in [5.74, 6) is 2.21. The first-order valence-corrected chi connectivity index (χ1v) is 3.97. The molecular weight excluding hydrogens is 110 g/mol. The van der Waals surface area contributed by atoms with Crippen molar-refractivity contribution in [3.8, 4) is 0 Å². The second-order valence-corrected chi connectivity index (χ2v) is 3.78. The van der Waals surface area contributed by atoms with Gasteiger partial charge in [0.2, 0.25) is 0 Å². The van der Waals surface area contributed by atoms with E-state index >= 15 is 0 Å². The number of fused-ring (bicyclic) bond motifs is 1. The Bertz CT molecular complexity index is 108. The molecule has 2 rings (SSSR count). The van der Waals surface area contributed by atoms with E-state index in [4.69, 9.17) is 0 Å². The van der Waals surface area contributed by atoms with Crippen molar-refractivity contribution in [2.45, 2.75) is 25.8 Å². The number of nitrogens with zero attached hydrogens (tertiary/aromatic N) is 1. The van der Waals surface area contributed by atoms with E-state index in [0.717, 1.165) is 17.9 Å². The summed E-state index contributed by atoms with van der Waals surface area (Å²) in [6.07, 6.45) is 2.98. The average Bonchev–Trinajstić information content (AvgIpc) is 2.46. The maximum absolute atomic E-state index is 2.49. The molecule has 9 heavy (non-hydrogen) atoms. The molecule has 1 aliphatic carbocycles. The summed E-state index contributed by atoms with van der Waals surface area (Å²) in [7, 11) is 2.25. The lowest BCUT2D eigenvalue weighted by molar-refractivity contribution is 0.191. The van der Waals surface area contributed by atoms with Crippen LogP contribution in [0.2, 0.25) is 0 Å². The Hall–Kier alpha value is -0.0400. The molecular formula is C8H15N. The lowest BCUT2D eigenvalue weighted by Gasteiger charge is -2.28. The van der Waals surface area contributed by atoms with Crippen LogP contribution in [0.15, 0.2) is 0 Å². The molecule has 0 bridgehead atoms. The molecule has 1 saturated heterocycles. The first-order valence-electron chi connectivity index (χ1n) is 3.97. The lowest BCUT2D eigenvalue weighted by Crippen LogP contribution is -2.35. The summed E-state index contributed by atoms with van der Waals surface area (Å²) in [6, 6.07) is 0.855. The fourth-order valence-corrected chi connectivity index (χ4v) is 1.99. The van der Waals surface area contributed by atoms with Crippen LogP contribution in [-0.2, 0) is 0 Å². The predicted molar refractivity (Wildman–Crippen MR) is 38.3 cm³/mol. The van der Waals surface area contributed by atoms with Crippen molar-refractivity contribution in [3.05, 3.63) is 0 Å². The molecule has 0 aromatic rings. The molecule has 3 atom stereocenters. The average molecular weight is 125 g/mol. The molecule has 1 heteroatoms. The van der Waals surface area contributed by atoms with Gasteiger partial charge in [0.25, 0.3) is 0 Å². The van der Waals surface area contributed by atoms with Crippen LogP contribution < -0.4 is 0 Å². The van der Waals surface area contributed by atoms with Gasteiger partial charge in [0.05, 0.1) is 0 Å². The summed E-state index contributed by atoms with van der Waals surface area (Å²) in [5.41, 5.74) is 0. The van der Waals surface area contributed by atoms with Crippen molar-refractivity contribution >= 4 is 0 Å². The largest absolute Gasteiger partial charge is 0.303 e. The number of piperidine rings is 1. The van der Waals surface area contributed by atoms with Gasteiger partial charge in [0, 0.05) is 12.6 Å². The van der Waals surface area contributed by atoms with Crippen molar-refractivity contribution in [1.29, 1.82) is 0 Å². The molecule has 0 N–H and O–H groups in total. The van der Waals surface area contributed by atoms with E-state index in [-0.39, 0.29) is 0 Å². The Labute approximate surface area is 57.0 Å². The number of hydrogen-bond donors (Lipinski definition) is 0. The molecule has 1 heterocycles. The highest BCUT2D eigenvalue weighted by molar-refractivity contribution is 4.94. The van der Waals surface area contributed by atoms with Crippen LogP contribution in [0.25, 0.3) is 0 Å². The number of rotatable bonds is 0. The smallest absolute Gasteiger partial charge is 0.00667 e. The molecule has 2 unspecified atom stereocenters. The molecule has 2 fully saturated rings. The maximum Gasteiger partial charge on any atom is 0.00667 e. The van der Waals surface area contributed by atoms with E-state index in [0.29, 0.717) is 0 Å².